The topological polar surface area (TPSA) is 82.8 Å². The fraction of sp³-hybridized carbons (Fsp3) is 0.350. The number of rotatable bonds is 4. The zero-order valence-corrected chi connectivity index (χ0v) is 16.7. The van der Waals surface area contributed by atoms with Crippen LogP contribution in [0.2, 0.25) is 0 Å². The van der Waals surface area contributed by atoms with E-state index in [2.05, 4.69) is 26.1 Å². The van der Waals surface area contributed by atoms with Gasteiger partial charge in [-0.05, 0) is 30.0 Å². The molecule has 27 heavy (non-hydrogen) atoms. The second kappa shape index (κ2) is 7.96. The van der Waals surface area contributed by atoms with Crippen LogP contribution in [0.5, 0.6) is 17.2 Å². The molecule has 6 nitrogen and oxygen atoms in total. The number of carbonyl (C=O) groups excluding carboxylic acids is 1. The molecule has 0 spiro atoms. The molecule has 3 N–H and O–H groups in total. The number of nitrogens with one attached hydrogen (secondary N) is 1. The van der Waals surface area contributed by atoms with Crippen LogP contribution in [0.3, 0.4) is 0 Å². The maximum absolute atomic E-state index is 12.5. The maximum atomic E-state index is 12.5. The summed E-state index contributed by atoms with van der Waals surface area (Å²) in [5, 5.41) is 2.78. The lowest BCUT2D eigenvalue weighted by molar-refractivity contribution is -0.122. The smallest absolute Gasteiger partial charge is 0.265 e. The lowest BCUT2D eigenvalue weighted by Gasteiger charge is -2.21. The molecule has 0 fully saturated rings. The van der Waals surface area contributed by atoms with Crippen molar-refractivity contribution >= 4 is 29.7 Å². The third-order valence-corrected chi connectivity index (χ3v) is 4.18. The summed E-state index contributed by atoms with van der Waals surface area (Å²) < 4.78 is 16.4. The second-order valence-corrected chi connectivity index (χ2v) is 7.32. The Balaban J connectivity index is 0.00000261. The van der Waals surface area contributed by atoms with Crippen LogP contribution in [-0.2, 0) is 10.2 Å². The molecule has 0 saturated carbocycles. The van der Waals surface area contributed by atoms with Crippen molar-refractivity contribution in [1.29, 1.82) is 0 Å². The number of nitrogen functional groups attached to an aromatic ring is 1. The monoisotopic (exact) mass is 392 g/mol. The largest absolute Gasteiger partial charge is 0.481 e. The molecule has 2 aromatic rings. The van der Waals surface area contributed by atoms with Crippen molar-refractivity contribution in [2.75, 3.05) is 17.8 Å². The number of fused-ring (bicyclic) bond motifs is 1. The predicted molar refractivity (Wildman–Crippen MR) is 108 cm³/mol. The van der Waals surface area contributed by atoms with Gasteiger partial charge in [0.05, 0.1) is 11.4 Å². The van der Waals surface area contributed by atoms with Crippen LogP contribution in [0.25, 0.3) is 0 Å². The van der Waals surface area contributed by atoms with Gasteiger partial charge in [0.25, 0.3) is 5.91 Å². The molecular formula is C20H25ClN2O4. The highest BCUT2D eigenvalue weighted by atomic mass is 35.5. The first kappa shape index (κ1) is 20.7. The molecule has 3 rings (SSSR count). The van der Waals surface area contributed by atoms with Gasteiger partial charge >= 0.3 is 0 Å². The summed E-state index contributed by atoms with van der Waals surface area (Å²) in [4.78, 5) is 12.5. The minimum absolute atomic E-state index is 0. The quantitative estimate of drug-likeness (QED) is 0.764. The summed E-state index contributed by atoms with van der Waals surface area (Å²) in [6, 6.07) is 11.1. The van der Waals surface area contributed by atoms with Gasteiger partial charge in [0.1, 0.15) is 5.75 Å². The highest BCUT2D eigenvalue weighted by Crippen LogP contribution is 2.38. The summed E-state index contributed by atoms with van der Waals surface area (Å²) >= 11 is 0. The van der Waals surface area contributed by atoms with Crippen LogP contribution in [0, 0.1) is 0 Å². The molecule has 146 valence electrons. The highest BCUT2D eigenvalue weighted by Gasteiger charge is 2.21. The van der Waals surface area contributed by atoms with Gasteiger partial charge in [-0.2, -0.15) is 0 Å². The number of hydrogen-bond donors (Lipinski definition) is 2. The van der Waals surface area contributed by atoms with E-state index in [0.29, 0.717) is 28.6 Å². The Labute approximate surface area is 165 Å². The normalized spacial score (nSPS) is 13.5. The van der Waals surface area contributed by atoms with Gasteiger partial charge in [0.15, 0.2) is 17.6 Å². The molecule has 7 heteroatoms. The van der Waals surface area contributed by atoms with Crippen molar-refractivity contribution in [3.63, 3.8) is 0 Å². The van der Waals surface area contributed by atoms with E-state index in [1.807, 2.05) is 24.3 Å². The molecule has 0 aliphatic carbocycles. The summed E-state index contributed by atoms with van der Waals surface area (Å²) in [6.45, 7) is 8.23. The first-order chi connectivity index (χ1) is 12.2. The number of amides is 1. The Morgan fingerprint density at radius 1 is 1.19 bits per heavy atom. The number of ether oxygens (including phenoxy) is 3. The predicted octanol–water partition coefficient (Wildman–Crippen LogP) is 4.12. The number of halogens is 1. The van der Waals surface area contributed by atoms with E-state index in [1.54, 1.807) is 19.1 Å². The number of benzene rings is 2. The first-order valence-electron chi connectivity index (χ1n) is 8.51. The number of hydrogen-bond acceptors (Lipinski definition) is 5. The number of carbonyl (C=O) groups is 1. The standard InChI is InChI=1S/C20H24N2O4.ClH/c1-12(26-14-7-5-6-13(8-14)20(2,3)4)19(23)22-16-10-18-17(9-15(16)21)24-11-25-18;/h5-10,12H,11,21H2,1-4H3,(H,22,23);1H. The summed E-state index contributed by atoms with van der Waals surface area (Å²) in [6.07, 6.45) is -0.685. The van der Waals surface area contributed by atoms with E-state index in [4.69, 9.17) is 19.9 Å². The third kappa shape index (κ3) is 4.77. The van der Waals surface area contributed by atoms with Gasteiger partial charge < -0.3 is 25.3 Å². The Hall–Kier alpha value is -2.60. The van der Waals surface area contributed by atoms with E-state index >= 15 is 0 Å². The summed E-state index contributed by atoms with van der Waals surface area (Å²) in [7, 11) is 0. The molecule has 1 aliphatic heterocycles. The highest BCUT2D eigenvalue weighted by molar-refractivity contribution is 5.97. The van der Waals surface area contributed by atoms with Gasteiger partial charge in [-0.1, -0.05) is 32.9 Å². The second-order valence-electron chi connectivity index (χ2n) is 7.32. The van der Waals surface area contributed by atoms with Crippen LogP contribution >= 0.6 is 12.4 Å². The van der Waals surface area contributed by atoms with Crippen molar-refractivity contribution in [1.82, 2.24) is 0 Å². The minimum Gasteiger partial charge on any atom is -0.481 e. The lowest BCUT2D eigenvalue weighted by atomic mass is 9.87. The average molecular weight is 393 g/mol. The third-order valence-electron chi connectivity index (χ3n) is 4.18. The lowest BCUT2D eigenvalue weighted by Crippen LogP contribution is -2.30. The van der Waals surface area contributed by atoms with E-state index in [0.717, 1.165) is 5.56 Å². The van der Waals surface area contributed by atoms with Gasteiger partial charge in [-0.3, -0.25) is 4.79 Å². The molecule has 1 amide bonds. The first-order valence-corrected chi connectivity index (χ1v) is 8.51. The van der Waals surface area contributed by atoms with E-state index in [1.165, 1.54) is 0 Å². The van der Waals surface area contributed by atoms with Crippen LogP contribution in [-0.4, -0.2) is 18.8 Å². The fourth-order valence-electron chi connectivity index (χ4n) is 2.59. The van der Waals surface area contributed by atoms with Crippen molar-refractivity contribution < 1.29 is 19.0 Å². The van der Waals surface area contributed by atoms with Crippen LogP contribution in [0.15, 0.2) is 36.4 Å². The Bertz CT molecular complexity index is 833. The molecule has 0 saturated heterocycles. The Morgan fingerprint density at radius 3 is 2.52 bits per heavy atom. The zero-order valence-electron chi connectivity index (χ0n) is 15.9. The molecule has 1 unspecified atom stereocenters. The van der Waals surface area contributed by atoms with Crippen molar-refractivity contribution in [2.24, 2.45) is 0 Å². The molecule has 1 atom stereocenters. The van der Waals surface area contributed by atoms with Crippen molar-refractivity contribution in [3.8, 4) is 17.2 Å². The van der Waals surface area contributed by atoms with Crippen LogP contribution in [0.4, 0.5) is 11.4 Å². The van der Waals surface area contributed by atoms with E-state index in [-0.39, 0.29) is 30.5 Å². The average Bonchev–Trinajstić information content (AvgIpc) is 3.01. The van der Waals surface area contributed by atoms with Gasteiger partial charge in [-0.25, -0.2) is 0 Å². The van der Waals surface area contributed by atoms with E-state index < -0.39 is 6.10 Å². The zero-order chi connectivity index (χ0) is 18.9. The summed E-state index contributed by atoms with van der Waals surface area (Å²) in [5.41, 5.74) is 8.00. The molecule has 0 aromatic heterocycles. The van der Waals surface area contributed by atoms with Gasteiger partial charge in [-0.15, -0.1) is 12.4 Å². The van der Waals surface area contributed by atoms with Crippen molar-refractivity contribution in [3.05, 3.63) is 42.0 Å². The summed E-state index contributed by atoms with van der Waals surface area (Å²) in [5.74, 6) is 1.49. The van der Waals surface area contributed by atoms with Crippen LogP contribution < -0.4 is 25.3 Å². The molecule has 1 aliphatic rings. The van der Waals surface area contributed by atoms with Gasteiger partial charge in [0.2, 0.25) is 6.79 Å². The SMILES string of the molecule is CC(Oc1cccc(C(C)(C)C)c1)C(=O)Nc1cc2c(cc1N)OCO2.Cl. The maximum Gasteiger partial charge on any atom is 0.265 e. The fourth-order valence-corrected chi connectivity index (χ4v) is 2.59. The molecule has 0 bridgehead atoms. The van der Waals surface area contributed by atoms with Gasteiger partial charge in [0, 0.05) is 12.1 Å². The molecule has 0 radical (unpaired) electrons. The number of nitrogens with two attached hydrogens (primary N) is 1. The van der Waals surface area contributed by atoms with Crippen LogP contribution in [0.1, 0.15) is 33.3 Å². The molecular weight excluding hydrogens is 368 g/mol. The Kier molecular flexibility index (Phi) is 6.11. The molecule has 2 aromatic carbocycles. The van der Waals surface area contributed by atoms with E-state index in [9.17, 15) is 4.79 Å². The minimum atomic E-state index is -0.685. The molecule has 1 heterocycles. The Morgan fingerprint density at radius 2 is 1.85 bits per heavy atom. The number of anilines is 2. The van der Waals surface area contributed by atoms with Crippen molar-refractivity contribution in [2.45, 2.75) is 39.2 Å².